The summed E-state index contributed by atoms with van der Waals surface area (Å²) in [5.74, 6) is 0.645. The summed E-state index contributed by atoms with van der Waals surface area (Å²) in [5, 5.41) is 9.91. The molecule has 4 nitrogen and oxygen atoms in total. The molecule has 0 aliphatic carbocycles. The van der Waals surface area contributed by atoms with Crippen molar-refractivity contribution in [3.8, 4) is 11.5 Å². The van der Waals surface area contributed by atoms with E-state index in [2.05, 4.69) is 4.74 Å². The van der Waals surface area contributed by atoms with Gasteiger partial charge in [0.25, 0.3) is 0 Å². The zero-order valence-corrected chi connectivity index (χ0v) is 12.8. The van der Waals surface area contributed by atoms with Gasteiger partial charge >= 0.3 is 5.97 Å². The first-order valence-electron chi connectivity index (χ1n) is 7.17. The first kappa shape index (κ1) is 15.9. The second-order valence-electron chi connectivity index (χ2n) is 5.00. The molecule has 0 saturated heterocycles. The summed E-state index contributed by atoms with van der Waals surface area (Å²) in [6.45, 7) is 0. The van der Waals surface area contributed by atoms with Crippen molar-refractivity contribution in [2.24, 2.45) is 0 Å². The van der Waals surface area contributed by atoms with Gasteiger partial charge in [0.15, 0.2) is 0 Å². The Bertz CT molecular complexity index is 632. The number of aromatic hydroxyl groups is 1. The predicted octanol–water partition coefficient (Wildman–Crippen LogP) is 3.36. The number of esters is 1. The smallest absolute Gasteiger partial charge is 0.337 e. The number of aryl methyl sites for hydroxylation is 1. The number of ether oxygens (including phenoxy) is 2. The number of rotatable bonds is 6. The third-order valence-corrected chi connectivity index (χ3v) is 3.60. The third-order valence-electron chi connectivity index (χ3n) is 3.60. The number of carbonyl (C=O) groups is 1. The van der Waals surface area contributed by atoms with Gasteiger partial charge in [-0.3, -0.25) is 0 Å². The molecule has 2 aromatic carbocycles. The van der Waals surface area contributed by atoms with Crippen molar-refractivity contribution in [2.45, 2.75) is 19.3 Å². The average molecular weight is 300 g/mol. The molecule has 4 heteroatoms. The number of phenols is 1. The van der Waals surface area contributed by atoms with Crippen molar-refractivity contribution in [3.63, 3.8) is 0 Å². The van der Waals surface area contributed by atoms with Gasteiger partial charge in [-0.15, -0.1) is 0 Å². The van der Waals surface area contributed by atoms with E-state index in [9.17, 15) is 9.90 Å². The van der Waals surface area contributed by atoms with Crippen LogP contribution in [0.25, 0.3) is 0 Å². The van der Waals surface area contributed by atoms with E-state index in [-0.39, 0.29) is 11.7 Å². The lowest BCUT2D eigenvalue weighted by molar-refractivity contribution is 0.0600. The fourth-order valence-corrected chi connectivity index (χ4v) is 2.39. The highest BCUT2D eigenvalue weighted by molar-refractivity contribution is 5.89. The molecular weight excluding hydrogens is 280 g/mol. The summed E-state index contributed by atoms with van der Waals surface area (Å²) in [7, 11) is 2.97. The van der Waals surface area contributed by atoms with Crippen molar-refractivity contribution in [1.29, 1.82) is 0 Å². The molecule has 116 valence electrons. The highest BCUT2D eigenvalue weighted by Gasteiger charge is 2.08. The van der Waals surface area contributed by atoms with Crippen LogP contribution in [0.3, 0.4) is 0 Å². The normalized spacial score (nSPS) is 10.3. The Morgan fingerprint density at radius 2 is 1.77 bits per heavy atom. The maximum Gasteiger partial charge on any atom is 0.337 e. The van der Waals surface area contributed by atoms with Crippen molar-refractivity contribution in [1.82, 2.24) is 0 Å². The van der Waals surface area contributed by atoms with Crippen LogP contribution in [0.1, 0.15) is 27.9 Å². The molecule has 0 bridgehead atoms. The highest BCUT2D eigenvalue weighted by atomic mass is 16.5. The molecule has 0 radical (unpaired) electrons. The first-order chi connectivity index (χ1) is 10.7. The average Bonchev–Trinajstić information content (AvgIpc) is 2.56. The van der Waals surface area contributed by atoms with E-state index in [1.807, 2.05) is 18.2 Å². The van der Waals surface area contributed by atoms with Gasteiger partial charge in [-0.1, -0.05) is 18.2 Å². The van der Waals surface area contributed by atoms with Gasteiger partial charge in [0.1, 0.15) is 11.5 Å². The molecule has 0 saturated carbocycles. The fraction of sp³-hybridized carbons (Fsp3) is 0.278. The predicted molar refractivity (Wildman–Crippen MR) is 84.5 cm³/mol. The minimum absolute atomic E-state index is 0.264. The summed E-state index contributed by atoms with van der Waals surface area (Å²) >= 11 is 0. The quantitative estimate of drug-likeness (QED) is 0.831. The Kier molecular flexibility index (Phi) is 5.42. The molecule has 0 atom stereocenters. The minimum Gasteiger partial charge on any atom is -0.508 e. The van der Waals surface area contributed by atoms with Gasteiger partial charge in [0.2, 0.25) is 0 Å². The zero-order valence-electron chi connectivity index (χ0n) is 12.8. The molecule has 0 aliphatic heterocycles. The maximum atomic E-state index is 11.4. The summed E-state index contributed by atoms with van der Waals surface area (Å²) in [4.78, 5) is 11.4. The van der Waals surface area contributed by atoms with Crippen LogP contribution in [0.2, 0.25) is 0 Å². The number of phenolic OH excluding ortho intramolecular Hbond substituents is 1. The van der Waals surface area contributed by atoms with Crippen LogP contribution in [0, 0.1) is 0 Å². The highest BCUT2D eigenvalue weighted by Crippen LogP contribution is 2.28. The standard InChI is InChI=1S/C18H20O4/c1-21-17-8-4-7-16(19)15(17)6-3-5-13-9-11-14(12-10-13)18(20)22-2/h4,7-12,19H,3,5-6H2,1-2H3. The van der Waals surface area contributed by atoms with E-state index in [1.54, 1.807) is 31.4 Å². The monoisotopic (exact) mass is 300 g/mol. The molecule has 0 aliphatic rings. The van der Waals surface area contributed by atoms with Gasteiger partial charge in [0, 0.05) is 5.56 Å². The van der Waals surface area contributed by atoms with Crippen molar-refractivity contribution >= 4 is 5.97 Å². The lowest BCUT2D eigenvalue weighted by atomic mass is 10.0. The van der Waals surface area contributed by atoms with Gasteiger partial charge < -0.3 is 14.6 Å². The SMILES string of the molecule is COC(=O)c1ccc(CCCc2c(O)cccc2OC)cc1. The minimum atomic E-state index is -0.328. The Morgan fingerprint density at radius 1 is 1.05 bits per heavy atom. The Balaban J connectivity index is 1.95. The molecule has 2 aromatic rings. The Hall–Kier alpha value is -2.49. The number of hydrogen-bond donors (Lipinski definition) is 1. The number of methoxy groups -OCH3 is 2. The van der Waals surface area contributed by atoms with E-state index in [0.29, 0.717) is 11.3 Å². The molecule has 0 fully saturated rings. The Labute approximate surface area is 130 Å². The van der Waals surface area contributed by atoms with Crippen LogP contribution in [0.15, 0.2) is 42.5 Å². The molecule has 22 heavy (non-hydrogen) atoms. The maximum absolute atomic E-state index is 11.4. The van der Waals surface area contributed by atoms with E-state index >= 15 is 0 Å². The van der Waals surface area contributed by atoms with Crippen LogP contribution >= 0.6 is 0 Å². The van der Waals surface area contributed by atoms with Crippen LogP contribution in [0.5, 0.6) is 11.5 Å². The summed E-state index contributed by atoms with van der Waals surface area (Å²) in [5.41, 5.74) is 2.52. The van der Waals surface area contributed by atoms with Crippen molar-refractivity contribution in [3.05, 3.63) is 59.2 Å². The zero-order chi connectivity index (χ0) is 15.9. The number of carbonyl (C=O) groups excluding carboxylic acids is 1. The lowest BCUT2D eigenvalue weighted by Crippen LogP contribution is -2.01. The first-order valence-corrected chi connectivity index (χ1v) is 7.17. The van der Waals surface area contributed by atoms with Crippen LogP contribution in [-0.2, 0) is 17.6 Å². The molecule has 1 N–H and O–H groups in total. The summed E-state index contributed by atoms with van der Waals surface area (Å²) < 4.78 is 9.95. The molecule has 0 amide bonds. The van der Waals surface area contributed by atoms with Crippen LogP contribution < -0.4 is 4.74 Å². The van der Waals surface area contributed by atoms with Crippen molar-refractivity contribution < 1.29 is 19.4 Å². The van der Waals surface area contributed by atoms with E-state index in [0.717, 1.165) is 30.4 Å². The van der Waals surface area contributed by atoms with Gasteiger partial charge in [-0.25, -0.2) is 4.79 Å². The number of benzene rings is 2. The molecule has 2 rings (SSSR count). The van der Waals surface area contributed by atoms with Gasteiger partial charge in [-0.2, -0.15) is 0 Å². The largest absolute Gasteiger partial charge is 0.508 e. The third kappa shape index (κ3) is 3.79. The molecule has 0 aromatic heterocycles. The summed E-state index contributed by atoms with van der Waals surface area (Å²) in [6, 6.07) is 12.7. The Morgan fingerprint density at radius 3 is 2.41 bits per heavy atom. The van der Waals surface area contributed by atoms with Gasteiger partial charge in [-0.05, 0) is 49.1 Å². The van der Waals surface area contributed by atoms with Gasteiger partial charge in [0.05, 0.1) is 19.8 Å². The summed E-state index contributed by atoms with van der Waals surface area (Å²) in [6.07, 6.45) is 2.47. The molecule has 0 spiro atoms. The molecule has 0 unspecified atom stereocenters. The molecule has 0 heterocycles. The fourth-order valence-electron chi connectivity index (χ4n) is 2.39. The molecular formula is C18H20O4. The second kappa shape index (κ2) is 7.50. The van der Waals surface area contributed by atoms with E-state index in [4.69, 9.17) is 4.74 Å². The second-order valence-corrected chi connectivity index (χ2v) is 5.00. The van der Waals surface area contributed by atoms with E-state index < -0.39 is 0 Å². The number of hydrogen-bond acceptors (Lipinski definition) is 4. The topological polar surface area (TPSA) is 55.8 Å². The van der Waals surface area contributed by atoms with Crippen LogP contribution in [0.4, 0.5) is 0 Å². The van der Waals surface area contributed by atoms with Crippen LogP contribution in [-0.4, -0.2) is 25.3 Å². The lowest BCUT2D eigenvalue weighted by Gasteiger charge is -2.10. The van der Waals surface area contributed by atoms with Crippen molar-refractivity contribution in [2.75, 3.05) is 14.2 Å². The van der Waals surface area contributed by atoms with E-state index in [1.165, 1.54) is 7.11 Å².